The third-order valence-corrected chi connectivity index (χ3v) is 2.81. The van der Waals surface area contributed by atoms with Crippen LogP contribution < -0.4 is 5.56 Å². The Morgan fingerprint density at radius 2 is 2.11 bits per heavy atom. The molecular formula is C11H13BrN2O4. The largest absolute Gasteiger partial charge is 0.481 e. The zero-order valence-electron chi connectivity index (χ0n) is 9.80. The van der Waals surface area contributed by atoms with Gasteiger partial charge in [-0.15, -0.1) is 0 Å². The van der Waals surface area contributed by atoms with E-state index in [2.05, 4.69) is 15.9 Å². The van der Waals surface area contributed by atoms with Gasteiger partial charge in [0.05, 0.1) is 6.42 Å². The van der Waals surface area contributed by atoms with Crippen molar-refractivity contribution in [3.8, 4) is 0 Å². The number of carboxylic acid groups (broad SMARTS) is 1. The third kappa shape index (κ3) is 4.33. The van der Waals surface area contributed by atoms with E-state index in [0.29, 0.717) is 4.47 Å². The summed E-state index contributed by atoms with van der Waals surface area (Å²) in [4.78, 5) is 34.9. The molecule has 0 saturated heterocycles. The first-order valence-corrected chi connectivity index (χ1v) is 6.01. The molecule has 18 heavy (non-hydrogen) atoms. The molecule has 0 saturated carbocycles. The molecule has 0 aliphatic heterocycles. The molecule has 0 unspecified atom stereocenters. The van der Waals surface area contributed by atoms with E-state index in [1.165, 1.54) is 28.8 Å². The number of carboxylic acids is 1. The number of hydrogen-bond donors (Lipinski definition) is 1. The van der Waals surface area contributed by atoms with E-state index >= 15 is 0 Å². The van der Waals surface area contributed by atoms with Crippen molar-refractivity contribution in [2.45, 2.75) is 13.0 Å². The van der Waals surface area contributed by atoms with Crippen LogP contribution in [-0.2, 0) is 16.1 Å². The fourth-order valence-electron chi connectivity index (χ4n) is 1.28. The van der Waals surface area contributed by atoms with Crippen LogP contribution in [0.4, 0.5) is 0 Å². The minimum atomic E-state index is -0.964. The lowest BCUT2D eigenvalue weighted by Crippen LogP contribution is -2.34. The van der Waals surface area contributed by atoms with Crippen LogP contribution >= 0.6 is 15.9 Å². The second-order valence-corrected chi connectivity index (χ2v) is 4.69. The molecule has 0 aliphatic rings. The first-order chi connectivity index (χ1) is 8.40. The average molecular weight is 317 g/mol. The van der Waals surface area contributed by atoms with Crippen LogP contribution in [0.2, 0.25) is 0 Å². The predicted molar refractivity (Wildman–Crippen MR) is 68.3 cm³/mol. The van der Waals surface area contributed by atoms with Crippen LogP contribution in [0.5, 0.6) is 0 Å². The number of hydrogen-bond acceptors (Lipinski definition) is 3. The molecule has 6 nitrogen and oxygen atoms in total. The van der Waals surface area contributed by atoms with Crippen molar-refractivity contribution in [1.82, 2.24) is 9.47 Å². The van der Waals surface area contributed by atoms with E-state index in [0.717, 1.165) is 0 Å². The summed E-state index contributed by atoms with van der Waals surface area (Å²) in [7, 11) is 1.51. The summed E-state index contributed by atoms with van der Waals surface area (Å²) >= 11 is 3.21. The topological polar surface area (TPSA) is 79.6 Å². The highest BCUT2D eigenvalue weighted by Gasteiger charge is 2.11. The van der Waals surface area contributed by atoms with Crippen LogP contribution in [0, 0.1) is 0 Å². The summed E-state index contributed by atoms with van der Waals surface area (Å²) in [5, 5.41) is 8.52. The number of halogens is 1. The highest BCUT2D eigenvalue weighted by molar-refractivity contribution is 9.10. The summed E-state index contributed by atoms with van der Waals surface area (Å²) in [6.45, 7) is 0.0192. The molecular weight excluding hydrogens is 304 g/mol. The zero-order valence-corrected chi connectivity index (χ0v) is 11.4. The van der Waals surface area contributed by atoms with Gasteiger partial charge < -0.3 is 14.6 Å². The third-order valence-electron chi connectivity index (χ3n) is 2.34. The van der Waals surface area contributed by atoms with Crippen LogP contribution in [0.1, 0.15) is 6.42 Å². The number of carbonyl (C=O) groups is 2. The minimum Gasteiger partial charge on any atom is -0.481 e. The molecule has 0 radical (unpaired) electrons. The quantitative estimate of drug-likeness (QED) is 0.860. The number of carbonyl (C=O) groups excluding carboxylic acids is 1. The standard InChI is InChI=1S/C11H13BrN2O4/c1-13(5-4-11(17)18)10(16)7-14-6-8(12)2-3-9(14)15/h2-3,6H,4-5,7H2,1H3,(H,17,18). The Morgan fingerprint density at radius 1 is 1.44 bits per heavy atom. The fourth-order valence-corrected chi connectivity index (χ4v) is 1.66. The maximum atomic E-state index is 11.7. The molecule has 7 heteroatoms. The van der Waals surface area contributed by atoms with Gasteiger partial charge in [0.25, 0.3) is 5.56 Å². The Kier molecular flexibility index (Phi) is 5.08. The van der Waals surface area contributed by atoms with E-state index in [9.17, 15) is 14.4 Å². The second kappa shape index (κ2) is 6.34. The molecule has 1 rings (SSSR count). The monoisotopic (exact) mass is 316 g/mol. The van der Waals surface area contributed by atoms with Crippen molar-refractivity contribution in [3.05, 3.63) is 33.2 Å². The summed E-state index contributed by atoms with van der Waals surface area (Å²) < 4.78 is 1.96. The fraction of sp³-hybridized carbons (Fsp3) is 0.364. The van der Waals surface area contributed by atoms with Gasteiger partial charge in [0.1, 0.15) is 6.54 Å². The average Bonchev–Trinajstić information content (AvgIpc) is 2.30. The molecule has 1 aromatic rings. The van der Waals surface area contributed by atoms with E-state index in [4.69, 9.17) is 5.11 Å². The van der Waals surface area contributed by atoms with Gasteiger partial charge in [-0.1, -0.05) is 0 Å². The van der Waals surface area contributed by atoms with Crippen LogP contribution in [0.25, 0.3) is 0 Å². The molecule has 0 atom stereocenters. The summed E-state index contributed by atoms with van der Waals surface area (Å²) in [6, 6.07) is 2.95. The van der Waals surface area contributed by atoms with Gasteiger partial charge >= 0.3 is 5.97 Å². The van der Waals surface area contributed by atoms with Crippen molar-refractivity contribution in [3.63, 3.8) is 0 Å². The summed E-state index contributed by atoms with van der Waals surface area (Å²) in [5.74, 6) is -1.27. The van der Waals surface area contributed by atoms with Gasteiger partial charge in [-0.3, -0.25) is 14.4 Å². The van der Waals surface area contributed by atoms with Gasteiger partial charge in [0, 0.05) is 30.3 Å². The Labute approximate surface area is 112 Å². The molecule has 0 bridgehead atoms. The number of amides is 1. The second-order valence-electron chi connectivity index (χ2n) is 3.77. The lowest BCUT2D eigenvalue weighted by molar-refractivity contribution is -0.138. The van der Waals surface area contributed by atoms with Gasteiger partial charge in [-0.25, -0.2) is 0 Å². The van der Waals surface area contributed by atoms with Gasteiger partial charge in [-0.2, -0.15) is 0 Å². The van der Waals surface area contributed by atoms with Crippen LogP contribution in [-0.4, -0.2) is 40.0 Å². The minimum absolute atomic E-state index is 0.103. The normalized spacial score (nSPS) is 10.1. The van der Waals surface area contributed by atoms with Gasteiger partial charge in [0.15, 0.2) is 0 Å². The van der Waals surface area contributed by atoms with E-state index < -0.39 is 5.97 Å². The Balaban J connectivity index is 2.66. The van der Waals surface area contributed by atoms with Crippen molar-refractivity contribution in [2.75, 3.05) is 13.6 Å². The molecule has 1 aromatic heterocycles. The number of aliphatic carboxylic acids is 1. The van der Waals surface area contributed by atoms with Crippen LogP contribution in [0.15, 0.2) is 27.6 Å². The van der Waals surface area contributed by atoms with Crippen molar-refractivity contribution in [2.24, 2.45) is 0 Å². The SMILES string of the molecule is CN(CCC(=O)O)C(=O)Cn1cc(Br)ccc1=O. The molecule has 1 N–H and O–H groups in total. The predicted octanol–water partition coefficient (Wildman–Crippen LogP) is 0.544. The molecule has 0 fully saturated rings. The maximum absolute atomic E-state index is 11.7. The number of rotatable bonds is 5. The molecule has 0 spiro atoms. The number of aromatic nitrogens is 1. The number of likely N-dealkylation sites (N-methyl/N-ethyl adjacent to an activating group) is 1. The van der Waals surface area contributed by atoms with E-state index in [-0.39, 0.29) is 31.0 Å². The molecule has 98 valence electrons. The Morgan fingerprint density at radius 3 is 2.72 bits per heavy atom. The van der Waals surface area contributed by atoms with Gasteiger partial charge in [-0.05, 0) is 22.0 Å². The smallest absolute Gasteiger partial charge is 0.305 e. The van der Waals surface area contributed by atoms with E-state index in [1.807, 2.05) is 0 Å². The lowest BCUT2D eigenvalue weighted by atomic mass is 10.4. The first kappa shape index (κ1) is 14.4. The summed E-state index contributed by atoms with van der Waals surface area (Å²) in [5.41, 5.74) is -0.279. The molecule has 1 amide bonds. The van der Waals surface area contributed by atoms with Crippen molar-refractivity contribution >= 4 is 27.8 Å². The van der Waals surface area contributed by atoms with E-state index in [1.54, 1.807) is 6.07 Å². The Bertz CT molecular complexity index is 512. The van der Waals surface area contributed by atoms with Crippen LogP contribution in [0.3, 0.4) is 0 Å². The molecule has 0 aromatic carbocycles. The van der Waals surface area contributed by atoms with Crippen molar-refractivity contribution in [1.29, 1.82) is 0 Å². The highest BCUT2D eigenvalue weighted by atomic mass is 79.9. The molecule has 1 heterocycles. The zero-order chi connectivity index (χ0) is 13.7. The lowest BCUT2D eigenvalue weighted by Gasteiger charge is -2.16. The maximum Gasteiger partial charge on any atom is 0.305 e. The first-order valence-electron chi connectivity index (χ1n) is 5.22. The Hall–Kier alpha value is -1.63. The highest BCUT2D eigenvalue weighted by Crippen LogP contribution is 2.05. The number of pyridine rings is 1. The van der Waals surface area contributed by atoms with Crippen molar-refractivity contribution < 1.29 is 14.7 Å². The summed E-state index contributed by atoms with van der Waals surface area (Å²) in [6.07, 6.45) is 1.40. The molecule has 0 aliphatic carbocycles. The van der Waals surface area contributed by atoms with Gasteiger partial charge in [0.2, 0.25) is 5.91 Å². The number of nitrogens with zero attached hydrogens (tertiary/aromatic N) is 2.